The molecule has 0 N–H and O–H groups in total. The van der Waals surface area contributed by atoms with Gasteiger partial charge in [-0.05, 0) is 30.0 Å². The summed E-state index contributed by atoms with van der Waals surface area (Å²) < 4.78 is 27.6. The number of carbonyl (C=O) groups is 1. The van der Waals surface area contributed by atoms with Crippen molar-refractivity contribution < 1.29 is 17.9 Å². The molecule has 0 aliphatic rings. The summed E-state index contributed by atoms with van der Waals surface area (Å²) in [6, 6.07) is 3.65. The maximum atomic E-state index is 11.9. The lowest BCUT2D eigenvalue weighted by Crippen LogP contribution is -2.13. The Bertz CT molecular complexity index is 603. The van der Waals surface area contributed by atoms with Gasteiger partial charge < -0.3 is 4.74 Å². The van der Waals surface area contributed by atoms with Gasteiger partial charge in [-0.2, -0.15) is 0 Å². The molecule has 7 heteroatoms. The molecule has 0 aromatic heterocycles. The summed E-state index contributed by atoms with van der Waals surface area (Å²) in [7, 11) is 1.32. The van der Waals surface area contributed by atoms with Crippen LogP contribution in [0, 0.1) is 5.41 Å². The van der Waals surface area contributed by atoms with Crippen molar-refractivity contribution in [1.29, 1.82) is 0 Å². The van der Waals surface area contributed by atoms with E-state index in [2.05, 4.69) is 0 Å². The van der Waals surface area contributed by atoms with Crippen molar-refractivity contribution in [3.63, 3.8) is 0 Å². The van der Waals surface area contributed by atoms with Gasteiger partial charge in [0.25, 0.3) is 9.05 Å². The van der Waals surface area contributed by atoms with Gasteiger partial charge in [-0.3, -0.25) is 0 Å². The molecular formula is C13H16Cl2O4S. The van der Waals surface area contributed by atoms with E-state index in [1.165, 1.54) is 12.1 Å². The van der Waals surface area contributed by atoms with Crippen LogP contribution in [-0.2, 0) is 13.8 Å². The second kappa shape index (κ2) is 6.33. The van der Waals surface area contributed by atoms with Gasteiger partial charge in [0.2, 0.25) is 0 Å². The summed E-state index contributed by atoms with van der Waals surface area (Å²) >= 11 is 5.87. The summed E-state index contributed by atoms with van der Waals surface area (Å²) in [6.07, 6.45) is 0.684. The Labute approximate surface area is 128 Å². The molecule has 0 spiro atoms. The van der Waals surface area contributed by atoms with E-state index in [9.17, 15) is 13.2 Å². The third-order valence-electron chi connectivity index (χ3n) is 2.52. The Kier molecular flexibility index (Phi) is 5.46. The molecule has 0 aliphatic heterocycles. The van der Waals surface area contributed by atoms with Gasteiger partial charge in [-0.25, -0.2) is 13.2 Å². The number of ether oxygens (including phenoxy) is 1. The normalized spacial score (nSPS) is 12.2. The smallest absolute Gasteiger partial charge is 0.339 e. The molecule has 0 atom stereocenters. The minimum atomic E-state index is -3.91. The number of hydrogen-bond donors (Lipinski definition) is 0. The highest BCUT2D eigenvalue weighted by atomic mass is 35.7. The number of hydrogen-bond acceptors (Lipinski definition) is 4. The van der Waals surface area contributed by atoms with Crippen LogP contribution >= 0.6 is 22.3 Å². The van der Waals surface area contributed by atoms with E-state index in [1.807, 2.05) is 20.8 Å². The Balaban J connectivity index is 2.88. The van der Waals surface area contributed by atoms with Crippen LogP contribution in [0.2, 0.25) is 5.02 Å². The lowest BCUT2D eigenvalue weighted by molar-refractivity contribution is 0.0465. The van der Waals surface area contributed by atoms with Gasteiger partial charge in [0.15, 0.2) is 0 Å². The van der Waals surface area contributed by atoms with Crippen LogP contribution < -0.4 is 0 Å². The van der Waals surface area contributed by atoms with E-state index < -0.39 is 15.0 Å². The Morgan fingerprint density at radius 3 is 2.40 bits per heavy atom. The van der Waals surface area contributed by atoms with Gasteiger partial charge >= 0.3 is 5.97 Å². The number of halogens is 2. The fraction of sp³-hybridized carbons (Fsp3) is 0.462. The molecule has 0 unspecified atom stereocenters. The molecular weight excluding hydrogens is 323 g/mol. The Morgan fingerprint density at radius 1 is 1.30 bits per heavy atom. The molecule has 0 saturated carbocycles. The van der Waals surface area contributed by atoms with Crippen LogP contribution in [0.1, 0.15) is 37.6 Å². The van der Waals surface area contributed by atoms with E-state index in [0.29, 0.717) is 6.42 Å². The average Bonchev–Trinajstić information content (AvgIpc) is 2.25. The Hall–Kier alpha value is -0.780. The van der Waals surface area contributed by atoms with E-state index in [0.717, 1.165) is 6.07 Å². The highest BCUT2D eigenvalue weighted by molar-refractivity contribution is 8.13. The highest BCUT2D eigenvalue weighted by Gasteiger charge is 2.18. The van der Waals surface area contributed by atoms with E-state index in [-0.39, 0.29) is 27.5 Å². The summed E-state index contributed by atoms with van der Waals surface area (Å²) in [6.45, 7) is 6.30. The molecule has 0 saturated heterocycles. The zero-order valence-electron chi connectivity index (χ0n) is 11.4. The maximum absolute atomic E-state index is 11.9. The molecule has 0 bridgehead atoms. The first kappa shape index (κ1) is 17.3. The fourth-order valence-electron chi connectivity index (χ4n) is 1.34. The van der Waals surface area contributed by atoms with Crippen LogP contribution in [0.3, 0.4) is 0 Å². The maximum Gasteiger partial charge on any atom is 0.339 e. The lowest BCUT2D eigenvalue weighted by atomic mass is 9.93. The van der Waals surface area contributed by atoms with Crippen molar-refractivity contribution in [3.05, 3.63) is 28.8 Å². The molecule has 1 aromatic rings. The summed E-state index contributed by atoms with van der Waals surface area (Å²) in [5.74, 6) is -0.665. The minimum Gasteiger partial charge on any atom is -0.462 e. The van der Waals surface area contributed by atoms with Gasteiger partial charge in [-0.15, -0.1) is 0 Å². The predicted octanol–water partition coefficient (Wildman–Crippen LogP) is 3.86. The molecule has 20 heavy (non-hydrogen) atoms. The zero-order valence-corrected chi connectivity index (χ0v) is 13.8. The van der Waals surface area contributed by atoms with Gasteiger partial charge in [0, 0.05) is 10.7 Å². The first-order chi connectivity index (χ1) is 9.00. The van der Waals surface area contributed by atoms with Gasteiger partial charge in [-0.1, -0.05) is 32.4 Å². The van der Waals surface area contributed by atoms with Crippen molar-refractivity contribution in [3.8, 4) is 0 Å². The van der Waals surface area contributed by atoms with E-state index in [1.54, 1.807) is 0 Å². The van der Waals surface area contributed by atoms with Crippen LogP contribution in [-0.4, -0.2) is 21.0 Å². The van der Waals surface area contributed by atoms with Crippen LogP contribution in [0.15, 0.2) is 23.1 Å². The predicted molar refractivity (Wildman–Crippen MR) is 78.8 cm³/mol. The molecule has 112 valence electrons. The quantitative estimate of drug-likeness (QED) is 0.617. The SMILES string of the molecule is CC(C)(C)CCOC(=O)c1cc(S(=O)(=O)Cl)ccc1Cl. The second-order valence-electron chi connectivity index (χ2n) is 5.53. The van der Waals surface area contributed by atoms with Crippen molar-refractivity contribution in [2.75, 3.05) is 6.61 Å². The third kappa shape index (κ3) is 5.31. The van der Waals surface area contributed by atoms with Gasteiger partial charge in [0.1, 0.15) is 0 Å². The second-order valence-corrected chi connectivity index (χ2v) is 8.50. The molecule has 0 radical (unpaired) electrons. The third-order valence-corrected chi connectivity index (χ3v) is 4.21. The highest BCUT2D eigenvalue weighted by Crippen LogP contribution is 2.24. The molecule has 0 amide bonds. The standard InChI is InChI=1S/C13H16Cl2O4S/c1-13(2,3)6-7-19-12(16)10-8-9(20(15,17)18)4-5-11(10)14/h4-5,8H,6-7H2,1-3H3. The fourth-order valence-corrected chi connectivity index (χ4v) is 2.31. The van der Waals surface area contributed by atoms with Crippen molar-refractivity contribution in [2.24, 2.45) is 5.41 Å². The number of benzene rings is 1. The largest absolute Gasteiger partial charge is 0.462 e. The number of rotatable bonds is 4. The van der Waals surface area contributed by atoms with Crippen LogP contribution in [0.5, 0.6) is 0 Å². The first-order valence-corrected chi connectivity index (χ1v) is 8.61. The van der Waals surface area contributed by atoms with E-state index >= 15 is 0 Å². The first-order valence-electron chi connectivity index (χ1n) is 5.92. The average molecular weight is 339 g/mol. The van der Waals surface area contributed by atoms with Crippen molar-refractivity contribution in [2.45, 2.75) is 32.1 Å². The van der Waals surface area contributed by atoms with Crippen LogP contribution in [0.25, 0.3) is 0 Å². The van der Waals surface area contributed by atoms with E-state index in [4.69, 9.17) is 27.0 Å². The van der Waals surface area contributed by atoms with Crippen molar-refractivity contribution in [1.82, 2.24) is 0 Å². The summed E-state index contributed by atoms with van der Waals surface area (Å²) in [4.78, 5) is 11.7. The number of carbonyl (C=O) groups excluding carboxylic acids is 1. The van der Waals surface area contributed by atoms with Gasteiger partial charge in [0.05, 0.1) is 22.1 Å². The van der Waals surface area contributed by atoms with Crippen LogP contribution in [0.4, 0.5) is 0 Å². The molecule has 4 nitrogen and oxygen atoms in total. The summed E-state index contributed by atoms with van der Waals surface area (Å²) in [5, 5.41) is 0.120. The number of esters is 1. The Morgan fingerprint density at radius 2 is 1.90 bits per heavy atom. The molecule has 0 heterocycles. The monoisotopic (exact) mass is 338 g/mol. The minimum absolute atomic E-state index is 0.0118. The molecule has 1 aromatic carbocycles. The van der Waals surface area contributed by atoms with Crippen molar-refractivity contribution >= 4 is 37.3 Å². The lowest BCUT2D eigenvalue weighted by Gasteiger charge is -2.17. The summed E-state index contributed by atoms with van der Waals surface area (Å²) in [5.41, 5.74) is 0.0214. The topological polar surface area (TPSA) is 60.4 Å². The zero-order chi connectivity index (χ0) is 15.6. The molecule has 1 rings (SSSR count). The molecule has 0 fully saturated rings. The molecule has 0 aliphatic carbocycles.